The second-order valence-corrected chi connectivity index (χ2v) is 10.2. The van der Waals surface area contributed by atoms with Crippen molar-refractivity contribution in [2.24, 2.45) is 0 Å². The molecule has 2 aromatic rings. The van der Waals surface area contributed by atoms with E-state index >= 15 is 0 Å². The second kappa shape index (κ2) is 11.5. The predicted molar refractivity (Wildman–Crippen MR) is 133 cm³/mol. The minimum Gasteiger partial charge on any atom is -0.483 e. The van der Waals surface area contributed by atoms with E-state index in [1.165, 1.54) is 5.56 Å². The summed E-state index contributed by atoms with van der Waals surface area (Å²) in [4.78, 5) is 27.5. The quantitative estimate of drug-likeness (QED) is 0.504. The molecule has 0 saturated heterocycles. The molecule has 0 aliphatic heterocycles. The Kier molecular flexibility index (Phi) is 9.32. The molecule has 0 heterocycles. The van der Waals surface area contributed by atoms with Crippen molar-refractivity contribution in [3.63, 3.8) is 0 Å². The second-order valence-electron chi connectivity index (χ2n) is 9.37. The normalized spacial score (nSPS) is 12.4. The Morgan fingerprint density at radius 2 is 1.72 bits per heavy atom. The zero-order valence-electron chi connectivity index (χ0n) is 19.9. The average molecular weight is 503 g/mol. The summed E-state index contributed by atoms with van der Waals surface area (Å²) in [5.41, 5.74) is 1.92. The standard InChI is InChI=1S/C26H35BrN2O3/c1-18(2)21-12-13-23(22(27)16-21)32-17-24(30)29(15-14-20-10-8-7-9-11-20)19(3)25(31)28-26(4,5)6/h7-13,16,18-19H,14-15,17H2,1-6H3,(H,28,31)/t19-/m0/s1. The fourth-order valence-corrected chi connectivity index (χ4v) is 3.77. The number of ether oxygens (including phenoxy) is 1. The molecular weight excluding hydrogens is 468 g/mol. The first-order valence-corrected chi connectivity index (χ1v) is 11.8. The molecule has 1 atom stereocenters. The third kappa shape index (κ3) is 7.97. The Bertz CT molecular complexity index is 907. The van der Waals surface area contributed by atoms with Crippen LogP contribution in [0.5, 0.6) is 5.75 Å². The number of hydrogen-bond donors (Lipinski definition) is 1. The highest BCUT2D eigenvalue weighted by atomic mass is 79.9. The summed E-state index contributed by atoms with van der Waals surface area (Å²) < 4.78 is 6.64. The Balaban J connectivity index is 2.12. The third-order valence-corrected chi connectivity index (χ3v) is 5.74. The van der Waals surface area contributed by atoms with Gasteiger partial charge in [0.05, 0.1) is 4.47 Å². The number of amides is 2. The Labute approximate surface area is 200 Å². The van der Waals surface area contributed by atoms with Gasteiger partial charge in [0.2, 0.25) is 5.91 Å². The molecule has 0 aliphatic rings. The number of carbonyl (C=O) groups excluding carboxylic acids is 2. The number of benzene rings is 2. The summed E-state index contributed by atoms with van der Waals surface area (Å²) >= 11 is 3.54. The lowest BCUT2D eigenvalue weighted by Gasteiger charge is -2.31. The van der Waals surface area contributed by atoms with E-state index in [9.17, 15) is 9.59 Å². The first-order valence-electron chi connectivity index (χ1n) is 11.1. The van der Waals surface area contributed by atoms with Gasteiger partial charge in [0.1, 0.15) is 11.8 Å². The van der Waals surface area contributed by atoms with Crippen LogP contribution in [0.25, 0.3) is 0 Å². The van der Waals surface area contributed by atoms with E-state index in [2.05, 4.69) is 35.1 Å². The van der Waals surface area contributed by atoms with Crippen LogP contribution in [0.2, 0.25) is 0 Å². The van der Waals surface area contributed by atoms with Crippen LogP contribution in [-0.4, -0.2) is 41.4 Å². The first-order chi connectivity index (χ1) is 15.0. The first kappa shape index (κ1) is 25.9. The Morgan fingerprint density at radius 1 is 1.06 bits per heavy atom. The molecule has 174 valence electrons. The molecular formula is C26H35BrN2O3. The van der Waals surface area contributed by atoms with Gasteiger partial charge < -0.3 is 15.0 Å². The van der Waals surface area contributed by atoms with E-state index < -0.39 is 6.04 Å². The molecule has 1 N–H and O–H groups in total. The molecule has 0 fully saturated rings. The number of hydrogen-bond acceptors (Lipinski definition) is 3. The fraction of sp³-hybridized carbons (Fsp3) is 0.462. The third-order valence-electron chi connectivity index (χ3n) is 5.12. The molecule has 0 saturated carbocycles. The van der Waals surface area contributed by atoms with E-state index in [0.29, 0.717) is 24.6 Å². The van der Waals surface area contributed by atoms with Gasteiger partial charge in [-0.05, 0) is 79.2 Å². The topological polar surface area (TPSA) is 58.6 Å². The number of carbonyl (C=O) groups is 2. The van der Waals surface area contributed by atoms with Crippen molar-refractivity contribution in [2.75, 3.05) is 13.2 Å². The molecule has 2 aromatic carbocycles. The number of rotatable bonds is 9. The molecule has 0 radical (unpaired) electrons. The largest absolute Gasteiger partial charge is 0.483 e. The summed E-state index contributed by atoms with van der Waals surface area (Å²) in [5.74, 6) is 0.605. The van der Waals surface area contributed by atoms with Gasteiger partial charge in [0.15, 0.2) is 6.61 Å². The smallest absolute Gasteiger partial charge is 0.261 e. The maximum atomic E-state index is 13.1. The van der Waals surface area contributed by atoms with Gasteiger partial charge in [-0.3, -0.25) is 9.59 Å². The zero-order chi connectivity index (χ0) is 23.9. The highest BCUT2D eigenvalue weighted by Gasteiger charge is 2.28. The zero-order valence-corrected chi connectivity index (χ0v) is 21.5. The van der Waals surface area contributed by atoms with Gasteiger partial charge in [-0.25, -0.2) is 0 Å². The summed E-state index contributed by atoms with van der Waals surface area (Å²) in [6.45, 7) is 12.1. The van der Waals surface area contributed by atoms with Gasteiger partial charge in [-0.2, -0.15) is 0 Å². The predicted octanol–water partition coefficient (Wildman–Crippen LogP) is 5.33. The minimum absolute atomic E-state index is 0.137. The van der Waals surface area contributed by atoms with E-state index in [-0.39, 0.29) is 24.0 Å². The van der Waals surface area contributed by atoms with Crippen molar-refractivity contribution < 1.29 is 14.3 Å². The molecule has 0 bridgehead atoms. The highest BCUT2D eigenvalue weighted by Crippen LogP contribution is 2.29. The van der Waals surface area contributed by atoms with Crippen LogP contribution in [0.4, 0.5) is 0 Å². The number of nitrogens with zero attached hydrogens (tertiary/aromatic N) is 1. The van der Waals surface area contributed by atoms with Crippen molar-refractivity contribution in [3.05, 3.63) is 64.1 Å². The number of nitrogens with one attached hydrogen (secondary N) is 1. The lowest BCUT2D eigenvalue weighted by molar-refractivity contribution is -0.142. The van der Waals surface area contributed by atoms with Crippen molar-refractivity contribution in [3.8, 4) is 5.75 Å². The van der Waals surface area contributed by atoms with Crippen LogP contribution in [0.3, 0.4) is 0 Å². The molecule has 0 aliphatic carbocycles. The summed E-state index contributed by atoms with van der Waals surface area (Å²) in [5, 5.41) is 2.97. The van der Waals surface area contributed by atoms with E-state index in [4.69, 9.17) is 4.74 Å². The van der Waals surface area contributed by atoms with Crippen LogP contribution in [-0.2, 0) is 16.0 Å². The van der Waals surface area contributed by atoms with Gasteiger partial charge in [-0.1, -0.05) is 50.2 Å². The monoisotopic (exact) mass is 502 g/mol. The van der Waals surface area contributed by atoms with E-state index in [0.717, 1.165) is 10.0 Å². The van der Waals surface area contributed by atoms with Crippen LogP contribution < -0.4 is 10.1 Å². The van der Waals surface area contributed by atoms with Crippen molar-refractivity contribution in [2.45, 2.75) is 65.5 Å². The molecule has 0 unspecified atom stereocenters. The average Bonchev–Trinajstić information content (AvgIpc) is 2.72. The molecule has 6 heteroatoms. The van der Waals surface area contributed by atoms with Gasteiger partial charge in [-0.15, -0.1) is 0 Å². The van der Waals surface area contributed by atoms with Crippen LogP contribution >= 0.6 is 15.9 Å². The highest BCUT2D eigenvalue weighted by molar-refractivity contribution is 9.10. The SMILES string of the molecule is CC(C)c1ccc(OCC(=O)N(CCc2ccccc2)[C@@H](C)C(=O)NC(C)(C)C)c(Br)c1. The Hall–Kier alpha value is -2.34. The summed E-state index contributed by atoms with van der Waals surface area (Å²) in [6.07, 6.45) is 0.659. The molecule has 0 spiro atoms. The lowest BCUT2D eigenvalue weighted by atomic mass is 10.0. The summed E-state index contributed by atoms with van der Waals surface area (Å²) in [7, 11) is 0. The number of halogens is 1. The van der Waals surface area contributed by atoms with Crippen molar-refractivity contribution in [1.82, 2.24) is 10.2 Å². The van der Waals surface area contributed by atoms with Crippen molar-refractivity contribution in [1.29, 1.82) is 0 Å². The fourth-order valence-electron chi connectivity index (χ4n) is 3.26. The Morgan fingerprint density at radius 3 is 2.28 bits per heavy atom. The molecule has 32 heavy (non-hydrogen) atoms. The van der Waals surface area contributed by atoms with Crippen LogP contribution in [0.15, 0.2) is 53.0 Å². The van der Waals surface area contributed by atoms with Crippen molar-refractivity contribution >= 4 is 27.7 Å². The maximum absolute atomic E-state index is 13.1. The van der Waals surface area contributed by atoms with Gasteiger partial charge in [0, 0.05) is 12.1 Å². The van der Waals surface area contributed by atoms with E-state index in [1.807, 2.05) is 69.3 Å². The van der Waals surface area contributed by atoms with Gasteiger partial charge in [0.25, 0.3) is 5.91 Å². The maximum Gasteiger partial charge on any atom is 0.261 e. The van der Waals surface area contributed by atoms with E-state index in [1.54, 1.807) is 11.8 Å². The van der Waals surface area contributed by atoms with Crippen LogP contribution in [0.1, 0.15) is 58.6 Å². The van der Waals surface area contributed by atoms with Crippen LogP contribution in [0, 0.1) is 0 Å². The molecule has 2 amide bonds. The molecule has 5 nitrogen and oxygen atoms in total. The lowest BCUT2D eigenvalue weighted by Crippen LogP contribution is -2.53. The molecule has 2 rings (SSSR count). The molecule has 0 aromatic heterocycles. The van der Waals surface area contributed by atoms with Gasteiger partial charge >= 0.3 is 0 Å². The minimum atomic E-state index is -0.610. The summed E-state index contributed by atoms with van der Waals surface area (Å²) in [6, 6.07) is 15.2.